The lowest BCUT2D eigenvalue weighted by atomic mass is 10.1. The lowest BCUT2D eigenvalue weighted by molar-refractivity contribution is 0.414. The fraction of sp³-hybridized carbons (Fsp3) is 0.0526. The second-order valence-corrected chi connectivity index (χ2v) is 5.23. The Morgan fingerprint density at radius 3 is 2.65 bits per heavy atom. The van der Waals surface area contributed by atoms with Crippen molar-refractivity contribution in [1.82, 2.24) is 9.97 Å². The molecule has 2 N–H and O–H groups in total. The van der Waals surface area contributed by atoms with Crippen LogP contribution in [0.25, 0.3) is 11.3 Å². The lowest BCUT2D eigenvalue weighted by Gasteiger charge is -2.06. The van der Waals surface area contributed by atoms with Gasteiger partial charge in [-0.25, -0.2) is 10.4 Å². The average Bonchev–Trinajstić information content (AvgIpc) is 2.68. The molecule has 0 spiro atoms. The number of hydrazone groups is 1. The third-order valence-corrected chi connectivity index (χ3v) is 3.59. The second kappa shape index (κ2) is 7.77. The van der Waals surface area contributed by atoms with Crippen LogP contribution >= 0.6 is 0 Å². The average molecular weight is 345 g/mol. The Bertz CT molecular complexity index is 1040. The maximum Gasteiger partial charge on any atom is 0.270 e. The number of nitrogens with zero attached hydrogens (tertiary/aromatic N) is 3. The fourth-order valence-corrected chi connectivity index (χ4v) is 2.37. The normalized spacial score (nSPS) is 10.5. The Morgan fingerprint density at radius 1 is 1.19 bits per heavy atom. The number of nitrogens with one attached hydrogen (secondary N) is 2. The highest BCUT2D eigenvalue weighted by Gasteiger charge is 2.12. The van der Waals surface area contributed by atoms with E-state index in [4.69, 9.17) is 4.74 Å². The first kappa shape index (κ1) is 16.9. The van der Waals surface area contributed by atoms with E-state index in [1.165, 1.54) is 0 Å². The maximum atomic E-state index is 12.2. The number of H-pyrrole nitrogens is 1. The lowest BCUT2D eigenvalue weighted by Crippen LogP contribution is -2.16. The van der Waals surface area contributed by atoms with Crippen LogP contribution < -0.4 is 15.7 Å². The molecular formula is C19H15N5O2. The van der Waals surface area contributed by atoms with Gasteiger partial charge in [0.2, 0.25) is 5.95 Å². The number of aromatic amines is 1. The number of anilines is 1. The third kappa shape index (κ3) is 3.60. The Morgan fingerprint density at radius 2 is 1.92 bits per heavy atom. The van der Waals surface area contributed by atoms with Crippen molar-refractivity contribution in [2.75, 3.05) is 12.5 Å². The predicted octanol–water partition coefficient (Wildman–Crippen LogP) is 2.76. The first-order valence-electron chi connectivity index (χ1n) is 7.75. The zero-order valence-corrected chi connectivity index (χ0v) is 13.9. The number of aromatic nitrogens is 2. The summed E-state index contributed by atoms with van der Waals surface area (Å²) >= 11 is 0. The van der Waals surface area contributed by atoms with Gasteiger partial charge in [0.05, 0.1) is 19.0 Å². The zero-order chi connectivity index (χ0) is 18.4. The van der Waals surface area contributed by atoms with E-state index < -0.39 is 5.56 Å². The van der Waals surface area contributed by atoms with Crippen LogP contribution in [0.1, 0.15) is 11.1 Å². The van der Waals surface area contributed by atoms with Crippen molar-refractivity contribution in [3.8, 4) is 23.1 Å². The molecule has 26 heavy (non-hydrogen) atoms. The topological polar surface area (TPSA) is 103 Å². The molecule has 0 amide bonds. The van der Waals surface area contributed by atoms with Gasteiger partial charge in [-0.1, -0.05) is 42.5 Å². The van der Waals surface area contributed by atoms with Crippen LogP contribution in [0.5, 0.6) is 5.75 Å². The van der Waals surface area contributed by atoms with Gasteiger partial charge < -0.3 is 4.74 Å². The molecular weight excluding hydrogens is 330 g/mol. The van der Waals surface area contributed by atoms with Gasteiger partial charge in [0.1, 0.15) is 17.4 Å². The van der Waals surface area contributed by atoms with Gasteiger partial charge in [-0.2, -0.15) is 10.4 Å². The van der Waals surface area contributed by atoms with Gasteiger partial charge in [-0.05, 0) is 12.1 Å². The molecule has 3 rings (SSSR count). The molecule has 3 aromatic rings. The fourth-order valence-electron chi connectivity index (χ4n) is 2.37. The molecule has 0 unspecified atom stereocenters. The Kier molecular flexibility index (Phi) is 5.05. The standard InChI is InChI=1S/C19H15N5O2/c1-26-16-10-6-5-9-14(16)12-21-24-19-22-17(13-7-3-2-4-8-13)15(11-20)18(25)23-19/h2-10,12H,1H3,(H2,22,23,24,25). The van der Waals surface area contributed by atoms with Crippen molar-refractivity contribution in [2.45, 2.75) is 0 Å². The van der Waals surface area contributed by atoms with E-state index in [9.17, 15) is 10.1 Å². The predicted molar refractivity (Wildman–Crippen MR) is 99.2 cm³/mol. The molecule has 1 aromatic heterocycles. The summed E-state index contributed by atoms with van der Waals surface area (Å²) < 4.78 is 5.25. The summed E-state index contributed by atoms with van der Waals surface area (Å²) in [6, 6.07) is 18.3. The number of rotatable bonds is 5. The van der Waals surface area contributed by atoms with Crippen molar-refractivity contribution in [2.24, 2.45) is 5.10 Å². The van der Waals surface area contributed by atoms with E-state index in [1.807, 2.05) is 48.5 Å². The molecule has 0 radical (unpaired) electrons. The molecule has 0 fully saturated rings. The number of benzene rings is 2. The molecule has 2 aromatic carbocycles. The minimum atomic E-state index is -0.531. The molecule has 128 valence electrons. The third-order valence-electron chi connectivity index (χ3n) is 3.59. The molecule has 0 bridgehead atoms. The molecule has 7 heteroatoms. The number of nitriles is 1. The molecule has 0 aliphatic rings. The number of methoxy groups -OCH3 is 1. The van der Waals surface area contributed by atoms with Gasteiger partial charge in [0.15, 0.2) is 0 Å². The van der Waals surface area contributed by atoms with Crippen LogP contribution in [-0.2, 0) is 0 Å². The van der Waals surface area contributed by atoms with Crippen LogP contribution in [0.3, 0.4) is 0 Å². The monoisotopic (exact) mass is 345 g/mol. The van der Waals surface area contributed by atoms with Gasteiger partial charge in [-0.15, -0.1) is 0 Å². The first-order valence-corrected chi connectivity index (χ1v) is 7.75. The molecule has 0 saturated heterocycles. The molecule has 1 heterocycles. The van der Waals surface area contributed by atoms with Crippen molar-refractivity contribution < 1.29 is 4.74 Å². The minimum Gasteiger partial charge on any atom is -0.496 e. The molecule has 0 aliphatic carbocycles. The number of ether oxygens (including phenoxy) is 1. The number of hydrogen-bond acceptors (Lipinski definition) is 6. The Hall–Kier alpha value is -3.92. The van der Waals surface area contributed by atoms with E-state index in [2.05, 4.69) is 20.5 Å². The van der Waals surface area contributed by atoms with Crippen LogP contribution in [0.15, 0.2) is 64.5 Å². The van der Waals surface area contributed by atoms with E-state index in [-0.39, 0.29) is 11.5 Å². The summed E-state index contributed by atoms with van der Waals surface area (Å²) in [5.41, 5.74) is 3.84. The van der Waals surface area contributed by atoms with Gasteiger partial charge in [-0.3, -0.25) is 9.78 Å². The van der Waals surface area contributed by atoms with E-state index >= 15 is 0 Å². The second-order valence-electron chi connectivity index (χ2n) is 5.23. The van der Waals surface area contributed by atoms with Crippen molar-refractivity contribution in [3.05, 3.63) is 76.1 Å². The van der Waals surface area contributed by atoms with E-state index in [0.717, 1.165) is 5.56 Å². The van der Waals surface area contributed by atoms with Crippen LogP contribution in [0, 0.1) is 11.3 Å². The maximum absolute atomic E-state index is 12.2. The van der Waals surface area contributed by atoms with Gasteiger partial charge >= 0.3 is 0 Å². The minimum absolute atomic E-state index is 0.0459. The molecule has 0 aliphatic heterocycles. The largest absolute Gasteiger partial charge is 0.496 e. The summed E-state index contributed by atoms with van der Waals surface area (Å²) in [5.74, 6) is 0.809. The van der Waals surface area contributed by atoms with Crippen LogP contribution in [-0.4, -0.2) is 23.3 Å². The highest BCUT2D eigenvalue weighted by molar-refractivity contribution is 5.83. The SMILES string of the molecule is COc1ccccc1C=NNc1nc(-c2ccccc2)c(C#N)c(=O)[nH]1. The summed E-state index contributed by atoms with van der Waals surface area (Å²) in [4.78, 5) is 19.0. The summed E-state index contributed by atoms with van der Waals surface area (Å²) in [6.07, 6.45) is 1.55. The number of para-hydroxylation sites is 1. The summed E-state index contributed by atoms with van der Waals surface area (Å²) in [5, 5.41) is 13.3. The molecule has 7 nitrogen and oxygen atoms in total. The quantitative estimate of drug-likeness (QED) is 0.547. The van der Waals surface area contributed by atoms with Gasteiger partial charge in [0.25, 0.3) is 5.56 Å². The highest BCUT2D eigenvalue weighted by atomic mass is 16.5. The smallest absolute Gasteiger partial charge is 0.270 e. The molecule has 0 atom stereocenters. The molecule has 0 saturated carbocycles. The van der Waals surface area contributed by atoms with Crippen molar-refractivity contribution in [1.29, 1.82) is 5.26 Å². The Balaban J connectivity index is 1.92. The van der Waals surface area contributed by atoms with Crippen molar-refractivity contribution >= 4 is 12.2 Å². The van der Waals surface area contributed by atoms with Crippen LogP contribution in [0.4, 0.5) is 5.95 Å². The van der Waals surface area contributed by atoms with E-state index in [1.54, 1.807) is 25.5 Å². The van der Waals surface area contributed by atoms with Crippen LogP contribution in [0.2, 0.25) is 0 Å². The van der Waals surface area contributed by atoms with E-state index in [0.29, 0.717) is 17.0 Å². The Labute approximate surface area is 149 Å². The summed E-state index contributed by atoms with van der Waals surface area (Å²) in [6.45, 7) is 0. The summed E-state index contributed by atoms with van der Waals surface area (Å²) in [7, 11) is 1.58. The number of hydrogen-bond donors (Lipinski definition) is 2. The first-order chi connectivity index (χ1) is 12.7. The highest BCUT2D eigenvalue weighted by Crippen LogP contribution is 2.19. The zero-order valence-electron chi connectivity index (χ0n) is 13.9. The van der Waals surface area contributed by atoms with Crippen molar-refractivity contribution in [3.63, 3.8) is 0 Å². The van der Waals surface area contributed by atoms with Gasteiger partial charge in [0, 0.05) is 11.1 Å².